The van der Waals surface area contributed by atoms with Crippen molar-refractivity contribution >= 4 is 11.9 Å². The summed E-state index contributed by atoms with van der Waals surface area (Å²) in [6.07, 6.45) is 6.37. The molecule has 7 heteroatoms. The molecule has 1 saturated carbocycles. The molecule has 2 heterocycles. The highest BCUT2D eigenvalue weighted by molar-refractivity contribution is 5.85. The van der Waals surface area contributed by atoms with Gasteiger partial charge in [-0.05, 0) is 37.3 Å². The van der Waals surface area contributed by atoms with E-state index in [2.05, 4.69) is 4.98 Å². The number of fused-ring (bicyclic) bond motifs is 1. The molecule has 3 atom stereocenters. The predicted octanol–water partition coefficient (Wildman–Crippen LogP) is 3.66. The highest BCUT2D eigenvalue weighted by Crippen LogP contribution is 2.40. The van der Waals surface area contributed by atoms with Gasteiger partial charge >= 0.3 is 5.97 Å². The highest BCUT2D eigenvalue weighted by Gasteiger charge is 2.47. The van der Waals surface area contributed by atoms with E-state index < -0.39 is 17.8 Å². The summed E-state index contributed by atoms with van der Waals surface area (Å²) in [5.41, 5.74) is 0.322. The normalized spacial score (nSPS) is 24.2. The SMILES string of the molecule is O=C(O)[C@@H]1C[C@@H]2CCCC[C@@H]2N1C(=O)CCc1ncc(-c2ccccc2F)o1. The molecule has 1 aromatic heterocycles. The molecule has 1 N–H and O–H groups in total. The highest BCUT2D eigenvalue weighted by atomic mass is 19.1. The van der Waals surface area contributed by atoms with Gasteiger partial charge < -0.3 is 14.4 Å². The van der Waals surface area contributed by atoms with Crippen LogP contribution in [0.2, 0.25) is 0 Å². The van der Waals surface area contributed by atoms with E-state index in [-0.39, 0.29) is 30.7 Å². The van der Waals surface area contributed by atoms with Gasteiger partial charge in [0.05, 0.1) is 11.8 Å². The van der Waals surface area contributed by atoms with Crippen LogP contribution in [0.5, 0.6) is 0 Å². The number of amides is 1. The van der Waals surface area contributed by atoms with Crippen molar-refractivity contribution in [1.29, 1.82) is 0 Å². The summed E-state index contributed by atoms with van der Waals surface area (Å²) in [5, 5.41) is 9.56. The van der Waals surface area contributed by atoms with E-state index in [4.69, 9.17) is 4.42 Å². The first-order valence-corrected chi connectivity index (χ1v) is 9.78. The van der Waals surface area contributed by atoms with Crippen molar-refractivity contribution < 1.29 is 23.5 Å². The second kappa shape index (κ2) is 7.73. The topological polar surface area (TPSA) is 83.6 Å². The lowest BCUT2D eigenvalue weighted by Crippen LogP contribution is -2.46. The van der Waals surface area contributed by atoms with Crippen molar-refractivity contribution in [2.75, 3.05) is 0 Å². The van der Waals surface area contributed by atoms with Crippen molar-refractivity contribution in [2.45, 2.75) is 57.0 Å². The van der Waals surface area contributed by atoms with Crippen LogP contribution in [0.25, 0.3) is 11.3 Å². The Bertz CT molecular complexity index is 881. The number of nitrogens with zero attached hydrogens (tertiary/aromatic N) is 2. The van der Waals surface area contributed by atoms with E-state index in [1.807, 2.05) is 0 Å². The third-order valence-corrected chi connectivity index (χ3v) is 5.91. The zero-order valence-corrected chi connectivity index (χ0v) is 15.5. The molecule has 1 aliphatic carbocycles. The van der Waals surface area contributed by atoms with E-state index >= 15 is 0 Å². The van der Waals surface area contributed by atoms with Crippen LogP contribution in [0.15, 0.2) is 34.9 Å². The first-order valence-electron chi connectivity index (χ1n) is 9.78. The molecule has 148 valence electrons. The van der Waals surface area contributed by atoms with Gasteiger partial charge in [0.2, 0.25) is 5.91 Å². The molecule has 1 saturated heterocycles. The lowest BCUT2D eigenvalue weighted by molar-refractivity contribution is -0.149. The fourth-order valence-electron chi connectivity index (χ4n) is 4.59. The first-order chi connectivity index (χ1) is 13.5. The smallest absolute Gasteiger partial charge is 0.326 e. The number of aromatic nitrogens is 1. The van der Waals surface area contributed by atoms with E-state index in [1.165, 1.54) is 12.3 Å². The van der Waals surface area contributed by atoms with Gasteiger partial charge in [0.25, 0.3) is 0 Å². The third kappa shape index (κ3) is 3.53. The standard InChI is InChI=1S/C21H23FN2O4/c22-15-7-3-2-6-14(15)18-12-23-19(28-18)9-10-20(25)24-16-8-4-1-5-13(16)11-17(24)21(26)27/h2-3,6-7,12-13,16-17H,1,4-5,8-11H2,(H,26,27)/t13-,16-,17-/m0/s1. The lowest BCUT2D eigenvalue weighted by atomic mass is 9.84. The van der Waals surface area contributed by atoms with Gasteiger partial charge in [0.1, 0.15) is 11.9 Å². The Hall–Kier alpha value is -2.70. The summed E-state index contributed by atoms with van der Waals surface area (Å²) in [4.78, 5) is 30.3. The van der Waals surface area contributed by atoms with Crippen LogP contribution in [-0.4, -0.2) is 39.0 Å². The van der Waals surface area contributed by atoms with Crippen molar-refractivity contribution in [2.24, 2.45) is 5.92 Å². The molecule has 1 aliphatic heterocycles. The monoisotopic (exact) mass is 386 g/mol. The molecule has 0 radical (unpaired) electrons. The van der Waals surface area contributed by atoms with Crippen LogP contribution in [0.3, 0.4) is 0 Å². The Labute approximate surface area is 162 Å². The zero-order valence-electron chi connectivity index (χ0n) is 15.5. The van der Waals surface area contributed by atoms with Crippen LogP contribution in [0.4, 0.5) is 4.39 Å². The maximum atomic E-state index is 13.9. The second-order valence-electron chi connectivity index (χ2n) is 7.60. The Morgan fingerprint density at radius 1 is 1.25 bits per heavy atom. The number of carbonyl (C=O) groups excluding carboxylic acids is 1. The summed E-state index contributed by atoms with van der Waals surface area (Å²) in [6.45, 7) is 0. The summed E-state index contributed by atoms with van der Waals surface area (Å²) in [6, 6.07) is 5.56. The molecular weight excluding hydrogens is 363 g/mol. The zero-order chi connectivity index (χ0) is 19.7. The molecule has 2 aliphatic rings. The number of carbonyl (C=O) groups is 2. The average Bonchev–Trinajstić information content (AvgIpc) is 3.31. The number of hydrogen-bond donors (Lipinski definition) is 1. The van der Waals surface area contributed by atoms with Crippen LogP contribution in [0.1, 0.15) is 44.4 Å². The summed E-state index contributed by atoms with van der Waals surface area (Å²) in [7, 11) is 0. The van der Waals surface area contributed by atoms with Gasteiger partial charge in [-0.25, -0.2) is 14.2 Å². The van der Waals surface area contributed by atoms with Gasteiger partial charge in [-0.2, -0.15) is 0 Å². The number of halogens is 1. The average molecular weight is 386 g/mol. The van der Waals surface area contributed by atoms with Gasteiger partial charge in [0.15, 0.2) is 11.7 Å². The third-order valence-electron chi connectivity index (χ3n) is 5.91. The summed E-state index contributed by atoms with van der Waals surface area (Å²) >= 11 is 0. The number of likely N-dealkylation sites (tertiary alicyclic amines) is 1. The molecular formula is C21H23FN2O4. The summed E-state index contributed by atoms with van der Waals surface area (Å²) < 4.78 is 19.5. The Balaban J connectivity index is 1.44. The quantitative estimate of drug-likeness (QED) is 0.848. The number of hydrogen-bond acceptors (Lipinski definition) is 4. The largest absolute Gasteiger partial charge is 0.480 e. The number of oxazole rings is 1. The minimum absolute atomic E-state index is 0.0286. The Kier molecular flexibility index (Phi) is 5.15. The van der Waals surface area contributed by atoms with Gasteiger partial charge in [-0.3, -0.25) is 4.79 Å². The molecule has 2 aromatic rings. The summed E-state index contributed by atoms with van der Waals surface area (Å²) in [5.74, 6) is -0.553. The molecule has 0 spiro atoms. The molecule has 0 bridgehead atoms. The molecule has 28 heavy (non-hydrogen) atoms. The van der Waals surface area contributed by atoms with E-state index in [0.29, 0.717) is 23.6 Å². The molecule has 2 fully saturated rings. The maximum absolute atomic E-state index is 13.9. The first kappa shape index (κ1) is 18.7. The fraction of sp³-hybridized carbons (Fsp3) is 0.476. The number of aliphatic carboxylic acids is 1. The fourth-order valence-corrected chi connectivity index (χ4v) is 4.59. The van der Waals surface area contributed by atoms with Crippen LogP contribution in [-0.2, 0) is 16.0 Å². The number of carboxylic acids is 1. The number of benzene rings is 1. The number of rotatable bonds is 5. The molecule has 1 amide bonds. The van der Waals surface area contributed by atoms with Crippen LogP contribution >= 0.6 is 0 Å². The lowest BCUT2D eigenvalue weighted by Gasteiger charge is -2.33. The molecule has 6 nitrogen and oxygen atoms in total. The molecule has 4 rings (SSSR count). The van der Waals surface area contributed by atoms with Gasteiger partial charge in [-0.15, -0.1) is 0 Å². The van der Waals surface area contributed by atoms with Crippen LogP contribution in [0, 0.1) is 11.7 Å². The van der Waals surface area contributed by atoms with Crippen molar-refractivity contribution in [3.63, 3.8) is 0 Å². The Morgan fingerprint density at radius 2 is 2.04 bits per heavy atom. The van der Waals surface area contributed by atoms with Crippen molar-refractivity contribution in [1.82, 2.24) is 9.88 Å². The predicted molar refractivity (Wildman–Crippen MR) is 98.9 cm³/mol. The van der Waals surface area contributed by atoms with Crippen molar-refractivity contribution in [3.8, 4) is 11.3 Å². The molecule has 1 aromatic carbocycles. The minimum atomic E-state index is -0.930. The number of aryl methyl sites for hydroxylation is 1. The van der Waals surface area contributed by atoms with Gasteiger partial charge in [0, 0.05) is 18.9 Å². The van der Waals surface area contributed by atoms with E-state index in [1.54, 1.807) is 23.1 Å². The molecule has 0 unspecified atom stereocenters. The van der Waals surface area contributed by atoms with Crippen LogP contribution < -0.4 is 0 Å². The Morgan fingerprint density at radius 3 is 2.82 bits per heavy atom. The minimum Gasteiger partial charge on any atom is -0.480 e. The second-order valence-corrected chi connectivity index (χ2v) is 7.60. The maximum Gasteiger partial charge on any atom is 0.326 e. The van der Waals surface area contributed by atoms with Gasteiger partial charge in [-0.1, -0.05) is 25.0 Å². The van der Waals surface area contributed by atoms with E-state index in [9.17, 15) is 19.1 Å². The van der Waals surface area contributed by atoms with E-state index in [0.717, 1.165) is 25.7 Å². The van der Waals surface area contributed by atoms with Crippen molar-refractivity contribution in [3.05, 3.63) is 42.2 Å². The number of carboxylic acid groups (broad SMARTS) is 1.